The molecule has 0 spiro atoms. The second kappa shape index (κ2) is 6.78. The minimum atomic E-state index is -0.865. The molecular formula is C9H14N2O3. The summed E-state index contributed by atoms with van der Waals surface area (Å²) in [6.07, 6.45) is 5.32. The van der Waals surface area contributed by atoms with E-state index in [2.05, 4.69) is 16.6 Å². The number of carboxylic acid groups (broad SMARTS) is 1. The van der Waals surface area contributed by atoms with E-state index >= 15 is 0 Å². The third-order valence-corrected chi connectivity index (χ3v) is 1.64. The molecule has 0 saturated carbocycles. The number of carbonyl (C=O) groups excluding carboxylic acids is 1. The molecule has 78 valence electrons. The van der Waals surface area contributed by atoms with Crippen LogP contribution >= 0.6 is 0 Å². The van der Waals surface area contributed by atoms with Gasteiger partial charge in [-0.15, -0.1) is 6.42 Å². The van der Waals surface area contributed by atoms with Crippen molar-refractivity contribution in [2.75, 3.05) is 13.1 Å². The Morgan fingerprint density at radius 1 is 1.50 bits per heavy atom. The van der Waals surface area contributed by atoms with Gasteiger partial charge in [-0.05, 0) is 6.42 Å². The van der Waals surface area contributed by atoms with Crippen LogP contribution in [0.1, 0.15) is 13.3 Å². The lowest BCUT2D eigenvalue weighted by Crippen LogP contribution is -2.36. The fraction of sp³-hybridized carbons (Fsp3) is 0.556. The van der Waals surface area contributed by atoms with Crippen molar-refractivity contribution in [1.82, 2.24) is 10.6 Å². The molecule has 5 heteroatoms. The van der Waals surface area contributed by atoms with E-state index in [0.717, 1.165) is 0 Å². The van der Waals surface area contributed by atoms with E-state index in [1.807, 2.05) is 0 Å². The highest BCUT2D eigenvalue weighted by atomic mass is 16.4. The summed E-state index contributed by atoms with van der Waals surface area (Å²) in [5, 5.41) is 13.4. The molecule has 0 aliphatic rings. The molecule has 0 bridgehead atoms. The van der Waals surface area contributed by atoms with Gasteiger partial charge in [0.15, 0.2) is 0 Å². The van der Waals surface area contributed by atoms with Gasteiger partial charge in [0.25, 0.3) is 0 Å². The first-order valence-corrected chi connectivity index (χ1v) is 4.26. The lowest BCUT2D eigenvalue weighted by molar-refractivity contribution is -0.141. The van der Waals surface area contributed by atoms with Gasteiger partial charge in [0, 0.05) is 6.54 Å². The second-order valence-corrected chi connectivity index (χ2v) is 2.84. The topological polar surface area (TPSA) is 78.4 Å². The van der Waals surface area contributed by atoms with E-state index in [4.69, 9.17) is 11.5 Å². The maximum Gasteiger partial charge on any atom is 0.315 e. The first-order valence-electron chi connectivity index (χ1n) is 4.26. The SMILES string of the molecule is C#CCNC(=O)NCCC(C)C(=O)O. The Morgan fingerprint density at radius 2 is 2.14 bits per heavy atom. The summed E-state index contributed by atoms with van der Waals surface area (Å²) >= 11 is 0. The Morgan fingerprint density at radius 3 is 2.64 bits per heavy atom. The number of rotatable bonds is 5. The number of carboxylic acids is 1. The maximum atomic E-state index is 10.9. The average Bonchev–Trinajstić information content (AvgIpc) is 2.14. The monoisotopic (exact) mass is 198 g/mol. The molecule has 0 radical (unpaired) electrons. The second-order valence-electron chi connectivity index (χ2n) is 2.84. The van der Waals surface area contributed by atoms with Gasteiger partial charge in [-0.2, -0.15) is 0 Å². The summed E-state index contributed by atoms with van der Waals surface area (Å²) in [7, 11) is 0. The third-order valence-electron chi connectivity index (χ3n) is 1.64. The quantitative estimate of drug-likeness (QED) is 0.545. The zero-order chi connectivity index (χ0) is 11.0. The molecule has 0 fully saturated rings. The number of hydrogen-bond acceptors (Lipinski definition) is 2. The Bertz CT molecular complexity index is 245. The molecule has 0 aromatic heterocycles. The van der Waals surface area contributed by atoms with Crippen LogP contribution in [0, 0.1) is 18.3 Å². The summed E-state index contributed by atoms with van der Waals surface area (Å²) in [6, 6.07) is -0.375. The Balaban J connectivity index is 3.50. The number of urea groups is 1. The van der Waals surface area contributed by atoms with Gasteiger partial charge in [0.05, 0.1) is 12.5 Å². The largest absolute Gasteiger partial charge is 0.481 e. The number of hydrogen-bond donors (Lipinski definition) is 3. The van der Waals surface area contributed by atoms with Crippen LogP contribution in [0.4, 0.5) is 4.79 Å². The average molecular weight is 198 g/mol. The molecule has 0 saturated heterocycles. The molecule has 0 aromatic carbocycles. The van der Waals surface area contributed by atoms with Crippen LogP contribution in [0.3, 0.4) is 0 Å². The standard InChI is InChI=1S/C9H14N2O3/c1-3-5-10-9(14)11-6-4-7(2)8(12)13/h1,7H,4-6H2,2H3,(H,12,13)(H2,10,11,14). The number of terminal acetylenes is 1. The maximum absolute atomic E-state index is 10.9. The van der Waals surface area contributed by atoms with Crippen LogP contribution in [0.5, 0.6) is 0 Å². The molecule has 0 rings (SSSR count). The van der Waals surface area contributed by atoms with Crippen molar-refractivity contribution in [1.29, 1.82) is 0 Å². The zero-order valence-electron chi connectivity index (χ0n) is 8.04. The minimum absolute atomic E-state index is 0.167. The Labute approximate surface area is 82.9 Å². The van der Waals surface area contributed by atoms with Crippen LogP contribution in [0.15, 0.2) is 0 Å². The smallest absolute Gasteiger partial charge is 0.315 e. The summed E-state index contributed by atoms with van der Waals surface area (Å²) < 4.78 is 0. The number of carbonyl (C=O) groups is 2. The van der Waals surface area contributed by atoms with Crippen molar-refractivity contribution in [3.63, 3.8) is 0 Å². The third kappa shape index (κ3) is 5.89. The molecule has 2 amide bonds. The molecule has 14 heavy (non-hydrogen) atoms. The predicted octanol–water partition coefficient (Wildman–Crippen LogP) is 0.0296. The molecule has 3 N–H and O–H groups in total. The van der Waals surface area contributed by atoms with E-state index in [1.165, 1.54) is 0 Å². The van der Waals surface area contributed by atoms with Crippen LogP contribution < -0.4 is 10.6 Å². The van der Waals surface area contributed by atoms with Gasteiger partial charge < -0.3 is 15.7 Å². The number of nitrogens with one attached hydrogen (secondary N) is 2. The van der Waals surface area contributed by atoms with Crippen LogP contribution in [-0.4, -0.2) is 30.2 Å². The fourth-order valence-electron chi connectivity index (χ4n) is 0.719. The summed E-state index contributed by atoms with van der Waals surface area (Å²) in [4.78, 5) is 21.3. The highest BCUT2D eigenvalue weighted by molar-refractivity contribution is 5.74. The van der Waals surface area contributed by atoms with E-state index < -0.39 is 11.9 Å². The Kier molecular flexibility index (Phi) is 5.95. The number of amides is 2. The van der Waals surface area contributed by atoms with Crippen LogP contribution in [0.25, 0.3) is 0 Å². The summed E-state index contributed by atoms with van der Waals surface area (Å²) in [6.45, 7) is 2.08. The van der Waals surface area contributed by atoms with Crippen molar-refractivity contribution >= 4 is 12.0 Å². The van der Waals surface area contributed by atoms with Crippen molar-refractivity contribution < 1.29 is 14.7 Å². The van der Waals surface area contributed by atoms with Crippen molar-refractivity contribution in [2.24, 2.45) is 5.92 Å². The highest BCUT2D eigenvalue weighted by Gasteiger charge is 2.10. The molecule has 5 nitrogen and oxygen atoms in total. The summed E-state index contributed by atoms with van der Waals surface area (Å²) in [5.74, 6) is 0.929. The first-order chi connectivity index (χ1) is 6.57. The summed E-state index contributed by atoms with van der Waals surface area (Å²) in [5.41, 5.74) is 0. The van der Waals surface area contributed by atoms with Gasteiger partial charge in [-0.1, -0.05) is 12.8 Å². The van der Waals surface area contributed by atoms with Crippen molar-refractivity contribution in [3.8, 4) is 12.3 Å². The van der Waals surface area contributed by atoms with Gasteiger partial charge in [-0.3, -0.25) is 4.79 Å². The Hall–Kier alpha value is -1.70. The molecule has 0 aromatic rings. The van der Waals surface area contributed by atoms with E-state index in [1.54, 1.807) is 6.92 Å². The van der Waals surface area contributed by atoms with E-state index in [0.29, 0.717) is 13.0 Å². The van der Waals surface area contributed by atoms with Gasteiger partial charge in [0.1, 0.15) is 0 Å². The molecule has 0 aliphatic heterocycles. The lowest BCUT2D eigenvalue weighted by Gasteiger charge is -2.07. The van der Waals surface area contributed by atoms with Gasteiger partial charge in [-0.25, -0.2) is 4.79 Å². The normalized spacial score (nSPS) is 11.1. The van der Waals surface area contributed by atoms with Crippen LogP contribution in [-0.2, 0) is 4.79 Å². The van der Waals surface area contributed by atoms with Crippen molar-refractivity contribution in [3.05, 3.63) is 0 Å². The van der Waals surface area contributed by atoms with Gasteiger partial charge >= 0.3 is 12.0 Å². The number of aliphatic carboxylic acids is 1. The van der Waals surface area contributed by atoms with E-state index in [-0.39, 0.29) is 12.6 Å². The zero-order valence-corrected chi connectivity index (χ0v) is 8.04. The van der Waals surface area contributed by atoms with Crippen molar-refractivity contribution in [2.45, 2.75) is 13.3 Å². The molecule has 0 heterocycles. The highest BCUT2D eigenvalue weighted by Crippen LogP contribution is 1.99. The minimum Gasteiger partial charge on any atom is -0.481 e. The predicted molar refractivity (Wildman–Crippen MR) is 51.7 cm³/mol. The fourth-order valence-corrected chi connectivity index (χ4v) is 0.719. The first kappa shape index (κ1) is 12.3. The van der Waals surface area contributed by atoms with Crippen LogP contribution in [0.2, 0.25) is 0 Å². The van der Waals surface area contributed by atoms with E-state index in [9.17, 15) is 9.59 Å². The lowest BCUT2D eigenvalue weighted by atomic mass is 10.1. The van der Waals surface area contributed by atoms with Gasteiger partial charge in [0.2, 0.25) is 0 Å². The molecule has 0 aliphatic carbocycles. The molecule has 1 unspecified atom stereocenters. The molecule has 1 atom stereocenters. The molecular weight excluding hydrogens is 184 g/mol.